The van der Waals surface area contributed by atoms with Crippen molar-refractivity contribution in [2.24, 2.45) is 0 Å². The molecule has 0 aliphatic carbocycles. The number of ketones is 1. The Bertz CT molecular complexity index is 747. The summed E-state index contributed by atoms with van der Waals surface area (Å²) in [6.45, 7) is 5.46. The number of nitrogens with zero attached hydrogens (tertiary/aromatic N) is 1. The van der Waals surface area contributed by atoms with Gasteiger partial charge >= 0.3 is 0 Å². The molecule has 7 heteroatoms. The fraction of sp³-hybridized carbons (Fsp3) is 0.333. The van der Waals surface area contributed by atoms with Gasteiger partial charge in [-0.3, -0.25) is 14.5 Å². The van der Waals surface area contributed by atoms with Crippen LogP contribution in [0.1, 0.15) is 15.9 Å². The molecule has 1 fully saturated rings. The second-order valence-corrected chi connectivity index (χ2v) is 6.45. The Morgan fingerprint density at radius 1 is 0.964 bits per heavy atom. The van der Waals surface area contributed by atoms with Crippen LogP contribution in [0.25, 0.3) is 0 Å². The van der Waals surface area contributed by atoms with Crippen LogP contribution in [0.5, 0.6) is 5.75 Å². The lowest BCUT2D eigenvalue weighted by Gasteiger charge is -2.27. The van der Waals surface area contributed by atoms with E-state index in [1.165, 1.54) is 0 Å². The van der Waals surface area contributed by atoms with Gasteiger partial charge in [-0.2, -0.15) is 0 Å². The van der Waals surface area contributed by atoms with E-state index in [4.69, 9.17) is 4.74 Å². The number of halogens is 1. The first-order valence-electron chi connectivity index (χ1n) is 9.25. The number of hydrogen-bond donors (Lipinski definition) is 2. The van der Waals surface area contributed by atoms with Gasteiger partial charge in [0.25, 0.3) is 5.91 Å². The number of carbonyl (C=O) groups is 2. The number of ether oxygens (including phenoxy) is 1. The van der Waals surface area contributed by atoms with Gasteiger partial charge in [-0.05, 0) is 24.3 Å². The summed E-state index contributed by atoms with van der Waals surface area (Å²) in [6, 6.07) is 16.0. The monoisotopic (exact) mass is 403 g/mol. The van der Waals surface area contributed by atoms with Crippen molar-refractivity contribution in [3.05, 3.63) is 65.7 Å². The third-order valence-corrected chi connectivity index (χ3v) is 4.48. The summed E-state index contributed by atoms with van der Waals surface area (Å²) >= 11 is 0. The van der Waals surface area contributed by atoms with Gasteiger partial charge in [0.15, 0.2) is 12.4 Å². The highest BCUT2D eigenvalue weighted by molar-refractivity contribution is 6.08. The number of carbonyl (C=O) groups excluding carboxylic acids is 2. The Labute approximate surface area is 171 Å². The lowest BCUT2D eigenvalue weighted by atomic mass is 10.0. The Kier molecular flexibility index (Phi) is 8.94. The molecule has 1 saturated heterocycles. The van der Waals surface area contributed by atoms with E-state index < -0.39 is 0 Å². The second kappa shape index (κ2) is 11.4. The Morgan fingerprint density at radius 3 is 2.29 bits per heavy atom. The quantitative estimate of drug-likeness (QED) is 0.657. The van der Waals surface area contributed by atoms with Crippen molar-refractivity contribution in [3.63, 3.8) is 0 Å². The lowest BCUT2D eigenvalue weighted by molar-refractivity contribution is -0.123. The molecular weight excluding hydrogens is 378 g/mol. The molecule has 2 N–H and O–H groups in total. The maximum atomic E-state index is 12.4. The molecule has 3 rings (SSSR count). The van der Waals surface area contributed by atoms with Crippen molar-refractivity contribution in [2.75, 3.05) is 45.9 Å². The largest absolute Gasteiger partial charge is 0.484 e. The van der Waals surface area contributed by atoms with Crippen LogP contribution in [0.15, 0.2) is 54.6 Å². The molecule has 0 aromatic heterocycles. The summed E-state index contributed by atoms with van der Waals surface area (Å²) in [6.07, 6.45) is 0. The molecule has 0 atom stereocenters. The third kappa shape index (κ3) is 6.64. The van der Waals surface area contributed by atoms with Gasteiger partial charge in [-0.1, -0.05) is 30.3 Å². The van der Waals surface area contributed by atoms with Crippen molar-refractivity contribution >= 4 is 24.1 Å². The summed E-state index contributed by atoms with van der Waals surface area (Å²) in [5.41, 5.74) is 1.24. The average molecular weight is 404 g/mol. The lowest BCUT2D eigenvalue weighted by Crippen LogP contribution is -2.46. The van der Waals surface area contributed by atoms with Gasteiger partial charge in [-0.25, -0.2) is 0 Å². The van der Waals surface area contributed by atoms with Gasteiger partial charge in [0.1, 0.15) is 5.75 Å². The Balaban J connectivity index is 0.00000280. The third-order valence-electron chi connectivity index (χ3n) is 4.48. The molecule has 0 bridgehead atoms. The first-order chi connectivity index (χ1) is 13.2. The van der Waals surface area contributed by atoms with Crippen LogP contribution in [0.4, 0.5) is 0 Å². The van der Waals surface area contributed by atoms with E-state index in [9.17, 15) is 9.59 Å². The van der Waals surface area contributed by atoms with Crippen LogP contribution in [-0.4, -0.2) is 62.5 Å². The molecule has 2 aromatic rings. The molecule has 2 aromatic carbocycles. The fourth-order valence-corrected chi connectivity index (χ4v) is 2.95. The number of benzene rings is 2. The van der Waals surface area contributed by atoms with Crippen LogP contribution in [0, 0.1) is 0 Å². The molecule has 0 unspecified atom stereocenters. The van der Waals surface area contributed by atoms with E-state index in [1.54, 1.807) is 36.4 Å². The Morgan fingerprint density at radius 2 is 1.61 bits per heavy atom. The van der Waals surface area contributed by atoms with Crippen LogP contribution in [0.2, 0.25) is 0 Å². The van der Waals surface area contributed by atoms with Gasteiger partial charge in [0, 0.05) is 50.4 Å². The van der Waals surface area contributed by atoms with E-state index in [1.807, 2.05) is 18.2 Å². The summed E-state index contributed by atoms with van der Waals surface area (Å²) in [7, 11) is 0. The maximum absolute atomic E-state index is 12.4. The molecule has 1 heterocycles. The smallest absolute Gasteiger partial charge is 0.257 e. The van der Waals surface area contributed by atoms with Gasteiger partial charge in [0.2, 0.25) is 0 Å². The summed E-state index contributed by atoms with van der Waals surface area (Å²) in [5.74, 6) is 0.388. The van der Waals surface area contributed by atoms with Gasteiger partial charge < -0.3 is 15.4 Å². The normalized spacial score (nSPS) is 14.0. The van der Waals surface area contributed by atoms with Gasteiger partial charge in [0.05, 0.1) is 0 Å². The van der Waals surface area contributed by atoms with Crippen molar-refractivity contribution in [1.29, 1.82) is 0 Å². The minimum absolute atomic E-state index is 0. The van der Waals surface area contributed by atoms with Crippen molar-refractivity contribution in [1.82, 2.24) is 15.5 Å². The van der Waals surface area contributed by atoms with Crippen LogP contribution in [-0.2, 0) is 4.79 Å². The van der Waals surface area contributed by atoms with E-state index in [0.29, 0.717) is 23.4 Å². The first kappa shape index (κ1) is 21.9. The molecule has 0 radical (unpaired) electrons. The number of piperazine rings is 1. The van der Waals surface area contributed by atoms with Crippen molar-refractivity contribution in [2.45, 2.75) is 0 Å². The molecular formula is C21H26ClN3O3. The fourth-order valence-electron chi connectivity index (χ4n) is 2.95. The topological polar surface area (TPSA) is 70.7 Å². The molecule has 0 saturated carbocycles. The highest BCUT2D eigenvalue weighted by Gasteiger charge is 2.11. The molecule has 28 heavy (non-hydrogen) atoms. The minimum Gasteiger partial charge on any atom is -0.484 e. The molecule has 150 valence electrons. The van der Waals surface area contributed by atoms with E-state index in [-0.39, 0.29) is 30.7 Å². The zero-order valence-corrected chi connectivity index (χ0v) is 16.5. The van der Waals surface area contributed by atoms with Gasteiger partial charge in [-0.15, -0.1) is 12.4 Å². The highest BCUT2D eigenvalue weighted by Crippen LogP contribution is 2.15. The number of hydrogen-bond acceptors (Lipinski definition) is 5. The van der Waals surface area contributed by atoms with E-state index in [0.717, 1.165) is 32.7 Å². The summed E-state index contributed by atoms with van der Waals surface area (Å²) < 4.78 is 5.50. The van der Waals surface area contributed by atoms with Crippen LogP contribution < -0.4 is 15.4 Å². The van der Waals surface area contributed by atoms with Crippen molar-refractivity contribution < 1.29 is 14.3 Å². The molecule has 1 aliphatic rings. The van der Waals surface area contributed by atoms with E-state index in [2.05, 4.69) is 15.5 Å². The molecule has 1 amide bonds. The predicted molar refractivity (Wildman–Crippen MR) is 111 cm³/mol. The van der Waals surface area contributed by atoms with Crippen LogP contribution in [0.3, 0.4) is 0 Å². The maximum Gasteiger partial charge on any atom is 0.257 e. The minimum atomic E-state index is -0.144. The first-order valence-corrected chi connectivity index (χ1v) is 9.25. The van der Waals surface area contributed by atoms with E-state index >= 15 is 0 Å². The second-order valence-electron chi connectivity index (χ2n) is 6.45. The SMILES string of the molecule is Cl.O=C(COc1ccc(C(=O)c2ccccc2)cc1)NCCN1CCNCC1. The Hall–Kier alpha value is -2.41. The predicted octanol–water partition coefficient (Wildman–Crippen LogP) is 1.74. The molecule has 1 aliphatic heterocycles. The number of rotatable bonds is 8. The highest BCUT2D eigenvalue weighted by atomic mass is 35.5. The number of amides is 1. The zero-order chi connectivity index (χ0) is 18.9. The van der Waals surface area contributed by atoms with Crippen molar-refractivity contribution in [3.8, 4) is 5.75 Å². The molecule has 0 spiro atoms. The molecule has 6 nitrogen and oxygen atoms in total. The summed E-state index contributed by atoms with van der Waals surface area (Å²) in [5, 5.41) is 6.17. The average Bonchev–Trinajstić information content (AvgIpc) is 2.73. The standard InChI is InChI=1S/C21H25N3O3.ClH/c25-20(23-12-15-24-13-10-22-11-14-24)16-27-19-8-6-18(7-9-19)21(26)17-4-2-1-3-5-17;/h1-9,22H,10-16H2,(H,23,25);1H. The number of nitrogens with one attached hydrogen (secondary N) is 2. The van der Waals surface area contributed by atoms with Crippen LogP contribution >= 0.6 is 12.4 Å². The summed E-state index contributed by atoms with van der Waals surface area (Å²) in [4.78, 5) is 26.6. The zero-order valence-electron chi connectivity index (χ0n) is 15.7.